The van der Waals surface area contributed by atoms with Crippen LogP contribution in [0.3, 0.4) is 0 Å². The minimum atomic E-state index is -0.655. The van der Waals surface area contributed by atoms with Gasteiger partial charge in [0.05, 0.1) is 6.61 Å². The zero-order valence-electron chi connectivity index (χ0n) is 34.1. The van der Waals surface area contributed by atoms with E-state index in [0.717, 1.165) is 38.5 Å². The van der Waals surface area contributed by atoms with Crippen molar-refractivity contribution in [3.63, 3.8) is 0 Å². The minimum Gasteiger partial charge on any atom is -0.481 e. The van der Waals surface area contributed by atoms with Crippen LogP contribution in [0.4, 0.5) is 0 Å². The molecule has 1 N–H and O–H groups in total. The molecule has 0 spiro atoms. The van der Waals surface area contributed by atoms with Crippen LogP contribution in [0.2, 0.25) is 0 Å². The van der Waals surface area contributed by atoms with Crippen molar-refractivity contribution in [2.24, 2.45) is 5.92 Å². The van der Waals surface area contributed by atoms with E-state index >= 15 is 0 Å². The topological polar surface area (TPSA) is 49.8 Å². The lowest BCUT2D eigenvalue weighted by Crippen LogP contribution is -2.61. The third-order valence-electron chi connectivity index (χ3n) is 10.8. The number of rotatable bonds is 32. The predicted octanol–water partition coefficient (Wildman–Crippen LogP) is 14.3. The van der Waals surface area contributed by atoms with Crippen molar-refractivity contribution in [2.75, 3.05) is 19.8 Å². The normalized spacial score (nSPS) is 16.1. The Morgan fingerprint density at radius 2 is 0.854 bits per heavy atom. The standard InChI is InChI=1S/C28H57NO.C16H32O2/c1-7-8-9-10-11-12-13-14-15-16-17-18-19-20-22-30-23-21-29-27(3,4)24-26(2)25-28(29,5)6;1-2-3-4-5-6-7-8-9-10-11-12-13-14-15-16(17)18/h26H,7-25H2,1-6H3;2-15H2,1H3,(H,17,18). The van der Waals surface area contributed by atoms with E-state index in [1.54, 1.807) is 0 Å². The summed E-state index contributed by atoms with van der Waals surface area (Å²) in [6.07, 6.45) is 39.7. The van der Waals surface area contributed by atoms with Crippen LogP contribution < -0.4 is 0 Å². The summed E-state index contributed by atoms with van der Waals surface area (Å²) in [5.41, 5.74) is 0.582. The van der Waals surface area contributed by atoms with Gasteiger partial charge in [-0.3, -0.25) is 9.69 Å². The number of likely N-dealkylation sites (tertiary alicyclic amines) is 1. The lowest BCUT2D eigenvalue weighted by molar-refractivity contribution is -0.137. The molecule has 1 saturated heterocycles. The van der Waals surface area contributed by atoms with E-state index in [4.69, 9.17) is 9.84 Å². The molecule has 4 nitrogen and oxygen atoms in total. The van der Waals surface area contributed by atoms with E-state index in [1.807, 2.05) is 0 Å². The first-order valence-corrected chi connectivity index (χ1v) is 21.6. The Morgan fingerprint density at radius 3 is 1.19 bits per heavy atom. The maximum Gasteiger partial charge on any atom is 0.303 e. The molecule has 288 valence electrons. The molecule has 48 heavy (non-hydrogen) atoms. The molecule has 0 aliphatic carbocycles. The van der Waals surface area contributed by atoms with Gasteiger partial charge in [0.1, 0.15) is 0 Å². The first-order chi connectivity index (χ1) is 23.1. The fraction of sp³-hybridized carbons (Fsp3) is 0.977. The third kappa shape index (κ3) is 29.2. The van der Waals surface area contributed by atoms with Crippen molar-refractivity contribution < 1.29 is 14.6 Å². The Labute approximate surface area is 302 Å². The number of aliphatic carboxylic acids is 1. The van der Waals surface area contributed by atoms with Gasteiger partial charge in [-0.15, -0.1) is 0 Å². The summed E-state index contributed by atoms with van der Waals surface area (Å²) >= 11 is 0. The highest BCUT2D eigenvalue weighted by molar-refractivity contribution is 5.66. The molecule has 0 unspecified atom stereocenters. The number of carboxylic acid groups (broad SMARTS) is 1. The maximum atomic E-state index is 10.3. The molecular formula is C44H89NO3. The average molecular weight is 680 g/mol. The van der Waals surface area contributed by atoms with Gasteiger partial charge in [-0.1, -0.05) is 181 Å². The van der Waals surface area contributed by atoms with Gasteiger partial charge in [-0.2, -0.15) is 0 Å². The number of ether oxygens (including phenoxy) is 1. The molecule has 0 saturated carbocycles. The van der Waals surface area contributed by atoms with E-state index in [0.29, 0.717) is 17.5 Å². The Bertz CT molecular complexity index is 673. The largest absolute Gasteiger partial charge is 0.481 e. The molecule has 1 heterocycles. The Kier molecular flexibility index (Phi) is 31.9. The van der Waals surface area contributed by atoms with Crippen molar-refractivity contribution in [1.29, 1.82) is 0 Å². The molecule has 0 amide bonds. The van der Waals surface area contributed by atoms with Crippen LogP contribution in [-0.2, 0) is 9.53 Å². The summed E-state index contributed by atoms with van der Waals surface area (Å²) in [5.74, 6) is 0.167. The smallest absolute Gasteiger partial charge is 0.303 e. The first kappa shape index (κ1) is 47.4. The highest BCUT2D eigenvalue weighted by Crippen LogP contribution is 2.40. The zero-order chi connectivity index (χ0) is 35.8. The van der Waals surface area contributed by atoms with Gasteiger partial charge in [-0.05, 0) is 59.3 Å². The quantitative estimate of drug-likeness (QED) is 0.0719. The van der Waals surface area contributed by atoms with Crippen LogP contribution in [-0.4, -0.2) is 46.8 Å². The van der Waals surface area contributed by atoms with Gasteiger partial charge in [0.25, 0.3) is 0 Å². The zero-order valence-corrected chi connectivity index (χ0v) is 34.1. The van der Waals surface area contributed by atoms with Crippen molar-refractivity contribution >= 4 is 5.97 Å². The van der Waals surface area contributed by atoms with Gasteiger partial charge in [0.2, 0.25) is 0 Å². The highest BCUT2D eigenvalue weighted by Gasteiger charge is 2.43. The Hall–Kier alpha value is -0.610. The van der Waals surface area contributed by atoms with Crippen LogP contribution >= 0.6 is 0 Å². The number of hydrogen-bond donors (Lipinski definition) is 1. The van der Waals surface area contributed by atoms with E-state index in [-0.39, 0.29) is 0 Å². The highest BCUT2D eigenvalue weighted by atomic mass is 16.5. The number of hydrogen-bond acceptors (Lipinski definition) is 3. The van der Waals surface area contributed by atoms with Crippen LogP contribution in [0.25, 0.3) is 0 Å². The second-order valence-electron chi connectivity index (χ2n) is 16.9. The summed E-state index contributed by atoms with van der Waals surface area (Å²) in [7, 11) is 0. The van der Waals surface area contributed by atoms with Crippen molar-refractivity contribution in [3.05, 3.63) is 0 Å². The molecule has 0 aromatic carbocycles. The van der Waals surface area contributed by atoms with Gasteiger partial charge >= 0.3 is 5.97 Å². The predicted molar refractivity (Wildman–Crippen MR) is 212 cm³/mol. The monoisotopic (exact) mass is 680 g/mol. The van der Waals surface area contributed by atoms with Crippen LogP contribution in [0.15, 0.2) is 0 Å². The number of unbranched alkanes of at least 4 members (excludes halogenated alkanes) is 25. The average Bonchev–Trinajstić information content (AvgIpc) is 3.01. The number of carboxylic acids is 1. The summed E-state index contributed by atoms with van der Waals surface area (Å²) in [5, 5.41) is 8.49. The molecule has 0 atom stereocenters. The van der Waals surface area contributed by atoms with Gasteiger partial charge < -0.3 is 9.84 Å². The van der Waals surface area contributed by atoms with Crippen molar-refractivity contribution in [3.8, 4) is 0 Å². The molecule has 1 aliphatic heterocycles. The molecule has 0 bridgehead atoms. The molecule has 1 rings (SSSR count). The second kappa shape index (κ2) is 32.3. The first-order valence-electron chi connectivity index (χ1n) is 21.6. The minimum absolute atomic E-state index is 0.291. The lowest BCUT2D eigenvalue weighted by atomic mass is 9.74. The lowest BCUT2D eigenvalue weighted by Gasteiger charge is -2.55. The summed E-state index contributed by atoms with van der Waals surface area (Å²) in [4.78, 5) is 13.0. The van der Waals surface area contributed by atoms with Crippen molar-refractivity contribution in [1.82, 2.24) is 4.90 Å². The maximum absolute atomic E-state index is 10.3. The van der Waals surface area contributed by atoms with E-state index < -0.39 is 5.97 Å². The number of carbonyl (C=O) groups is 1. The SMILES string of the molecule is CCCCCCCCCCCCCCCC(=O)O.CCCCCCCCCCCCCCCCOCCN1C(C)(C)CC(C)CC1(C)C. The fourth-order valence-electron chi connectivity index (χ4n) is 8.37. The molecule has 4 heteroatoms. The molecule has 0 aromatic heterocycles. The van der Waals surface area contributed by atoms with E-state index in [1.165, 1.54) is 173 Å². The molecule has 1 aliphatic rings. The van der Waals surface area contributed by atoms with Crippen LogP contribution in [0.1, 0.15) is 241 Å². The molecule has 1 fully saturated rings. The number of piperidine rings is 1. The third-order valence-corrected chi connectivity index (χ3v) is 10.8. The fourth-order valence-corrected chi connectivity index (χ4v) is 8.37. The second-order valence-corrected chi connectivity index (χ2v) is 16.9. The molecular weight excluding hydrogens is 590 g/mol. The molecule has 0 radical (unpaired) electrons. The summed E-state index contributed by atoms with van der Waals surface area (Å²) < 4.78 is 6.02. The Morgan fingerprint density at radius 1 is 0.542 bits per heavy atom. The van der Waals surface area contributed by atoms with Gasteiger partial charge in [0.15, 0.2) is 0 Å². The Balaban J connectivity index is 0.00000105. The summed E-state index contributed by atoms with van der Waals surface area (Å²) in [6, 6.07) is 0. The molecule has 0 aromatic rings. The van der Waals surface area contributed by atoms with E-state index in [9.17, 15) is 4.79 Å². The van der Waals surface area contributed by atoms with Crippen molar-refractivity contribution in [2.45, 2.75) is 252 Å². The van der Waals surface area contributed by atoms with Crippen LogP contribution in [0.5, 0.6) is 0 Å². The summed E-state index contributed by atoms with van der Waals surface area (Å²) in [6.45, 7) is 19.5. The van der Waals surface area contributed by atoms with Gasteiger partial charge in [0, 0.05) is 30.7 Å². The van der Waals surface area contributed by atoms with Gasteiger partial charge in [-0.25, -0.2) is 0 Å². The van der Waals surface area contributed by atoms with Crippen LogP contribution in [0, 0.1) is 5.92 Å². The van der Waals surface area contributed by atoms with E-state index in [2.05, 4.69) is 53.4 Å². The number of nitrogens with zero attached hydrogens (tertiary/aromatic N) is 1.